The van der Waals surface area contributed by atoms with Crippen molar-refractivity contribution in [1.82, 2.24) is 4.90 Å². The molecule has 17 heavy (non-hydrogen) atoms. The molecule has 6 heteroatoms. The van der Waals surface area contributed by atoms with Crippen molar-refractivity contribution in [3.8, 4) is 0 Å². The summed E-state index contributed by atoms with van der Waals surface area (Å²) in [4.78, 5) is 25.3. The molecule has 2 rings (SSSR count). The first-order valence-corrected chi connectivity index (χ1v) is 6.27. The highest BCUT2D eigenvalue weighted by Gasteiger charge is 2.54. The van der Waals surface area contributed by atoms with Gasteiger partial charge in [-0.15, -0.1) is 0 Å². The minimum absolute atomic E-state index is 0.0351. The molecular weight excluding hydrogens is 238 g/mol. The molecule has 0 bridgehead atoms. The highest BCUT2D eigenvalue weighted by molar-refractivity contribution is 7.80. The second-order valence-electron chi connectivity index (χ2n) is 4.92. The van der Waals surface area contributed by atoms with Crippen LogP contribution < -0.4 is 11.5 Å². The predicted molar refractivity (Wildman–Crippen MR) is 67.0 cm³/mol. The van der Waals surface area contributed by atoms with Crippen LogP contribution in [-0.4, -0.2) is 34.8 Å². The zero-order valence-electron chi connectivity index (χ0n) is 9.65. The van der Waals surface area contributed by atoms with Gasteiger partial charge in [-0.2, -0.15) is 0 Å². The average molecular weight is 255 g/mol. The SMILES string of the molecule is NC(=O)C1CCN(C(=O)C2(C(N)=S)CC2)CC1. The van der Waals surface area contributed by atoms with Gasteiger partial charge in [0.25, 0.3) is 0 Å². The Morgan fingerprint density at radius 2 is 1.71 bits per heavy atom. The van der Waals surface area contributed by atoms with Crippen molar-refractivity contribution < 1.29 is 9.59 Å². The van der Waals surface area contributed by atoms with Gasteiger partial charge in [-0.3, -0.25) is 9.59 Å². The third-order valence-electron chi connectivity index (χ3n) is 3.82. The van der Waals surface area contributed by atoms with Gasteiger partial charge in [0.1, 0.15) is 0 Å². The number of rotatable bonds is 3. The number of thiocarbonyl (C=S) groups is 1. The van der Waals surface area contributed by atoms with Crippen LogP contribution in [0.3, 0.4) is 0 Å². The summed E-state index contributed by atoms with van der Waals surface area (Å²) in [6, 6.07) is 0. The Hall–Kier alpha value is -1.17. The summed E-state index contributed by atoms with van der Waals surface area (Å²) in [7, 11) is 0. The molecule has 4 N–H and O–H groups in total. The van der Waals surface area contributed by atoms with E-state index in [4.69, 9.17) is 23.7 Å². The lowest BCUT2D eigenvalue weighted by atomic mass is 9.94. The molecule has 2 amide bonds. The van der Waals surface area contributed by atoms with Gasteiger partial charge in [0, 0.05) is 19.0 Å². The lowest BCUT2D eigenvalue weighted by molar-refractivity contribution is -0.137. The predicted octanol–water partition coefficient (Wildman–Crippen LogP) is -0.223. The number of primary amides is 1. The summed E-state index contributed by atoms with van der Waals surface area (Å²) in [5.74, 6) is -0.334. The van der Waals surface area contributed by atoms with Crippen molar-refractivity contribution in [3.63, 3.8) is 0 Å². The molecule has 1 heterocycles. The third kappa shape index (κ3) is 2.13. The molecule has 0 atom stereocenters. The first-order chi connectivity index (χ1) is 7.97. The fraction of sp³-hybridized carbons (Fsp3) is 0.727. The maximum absolute atomic E-state index is 12.2. The first-order valence-electron chi connectivity index (χ1n) is 5.86. The van der Waals surface area contributed by atoms with Crippen molar-refractivity contribution in [2.45, 2.75) is 25.7 Å². The Morgan fingerprint density at radius 3 is 2.06 bits per heavy atom. The molecular formula is C11H17N3O2S. The van der Waals surface area contributed by atoms with Crippen molar-refractivity contribution in [3.05, 3.63) is 0 Å². The van der Waals surface area contributed by atoms with Gasteiger partial charge in [-0.1, -0.05) is 12.2 Å². The van der Waals surface area contributed by atoms with Gasteiger partial charge in [0.05, 0.1) is 10.4 Å². The molecule has 1 aliphatic heterocycles. The van der Waals surface area contributed by atoms with Gasteiger partial charge in [0.2, 0.25) is 11.8 Å². The van der Waals surface area contributed by atoms with E-state index in [2.05, 4.69) is 0 Å². The van der Waals surface area contributed by atoms with Crippen molar-refractivity contribution in [2.75, 3.05) is 13.1 Å². The average Bonchev–Trinajstić information content (AvgIpc) is 3.09. The topological polar surface area (TPSA) is 89.4 Å². The zero-order valence-corrected chi connectivity index (χ0v) is 10.5. The Morgan fingerprint density at radius 1 is 1.18 bits per heavy atom. The standard InChI is InChI=1S/C11H17N3O2S/c12-8(15)7-1-5-14(6-2-7)10(16)11(3-4-11)9(13)17/h7H,1-6H2,(H2,12,15)(H2,13,17). The van der Waals surface area contributed by atoms with Crippen molar-refractivity contribution in [1.29, 1.82) is 0 Å². The molecule has 5 nitrogen and oxygen atoms in total. The number of nitrogens with two attached hydrogens (primary N) is 2. The maximum atomic E-state index is 12.2. The number of likely N-dealkylation sites (tertiary alicyclic amines) is 1. The van der Waals surface area contributed by atoms with E-state index >= 15 is 0 Å². The Balaban J connectivity index is 1.96. The van der Waals surface area contributed by atoms with E-state index in [0.29, 0.717) is 30.9 Å². The summed E-state index contributed by atoms with van der Waals surface area (Å²) in [6.07, 6.45) is 2.82. The molecule has 94 valence electrons. The minimum Gasteiger partial charge on any atom is -0.392 e. The van der Waals surface area contributed by atoms with Gasteiger partial charge < -0.3 is 16.4 Å². The van der Waals surface area contributed by atoms with E-state index in [1.807, 2.05) is 0 Å². The van der Waals surface area contributed by atoms with Gasteiger partial charge in [0.15, 0.2) is 0 Å². The summed E-state index contributed by atoms with van der Waals surface area (Å²) >= 11 is 4.96. The first kappa shape index (κ1) is 12.3. The van der Waals surface area contributed by atoms with Crippen LogP contribution in [0.1, 0.15) is 25.7 Å². The Kier molecular flexibility index (Phi) is 3.07. The van der Waals surface area contributed by atoms with Gasteiger partial charge in [-0.05, 0) is 25.7 Å². The monoisotopic (exact) mass is 255 g/mol. The lowest BCUT2D eigenvalue weighted by Gasteiger charge is -2.33. The highest BCUT2D eigenvalue weighted by Crippen LogP contribution is 2.47. The number of hydrogen-bond donors (Lipinski definition) is 2. The van der Waals surface area contributed by atoms with Crippen LogP contribution in [0.5, 0.6) is 0 Å². The second-order valence-corrected chi connectivity index (χ2v) is 5.36. The quantitative estimate of drug-likeness (QED) is 0.682. The van der Waals surface area contributed by atoms with E-state index in [1.165, 1.54) is 0 Å². The fourth-order valence-corrected chi connectivity index (χ4v) is 2.65. The largest absolute Gasteiger partial charge is 0.392 e. The molecule has 0 aromatic carbocycles. The summed E-state index contributed by atoms with van der Waals surface area (Å²) in [6.45, 7) is 1.16. The molecule has 0 unspecified atom stereocenters. The number of piperidine rings is 1. The fourth-order valence-electron chi connectivity index (χ4n) is 2.36. The van der Waals surface area contributed by atoms with Gasteiger partial charge >= 0.3 is 0 Å². The molecule has 2 aliphatic rings. The molecule has 0 aromatic rings. The smallest absolute Gasteiger partial charge is 0.235 e. The third-order valence-corrected chi connectivity index (χ3v) is 4.21. The van der Waals surface area contributed by atoms with Gasteiger partial charge in [-0.25, -0.2) is 0 Å². The molecule has 1 saturated carbocycles. The highest BCUT2D eigenvalue weighted by atomic mass is 32.1. The maximum Gasteiger partial charge on any atom is 0.235 e. The molecule has 0 spiro atoms. The van der Waals surface area contributed by atoms with Crippen LogP contribution >= 0.6 is 12.2 Å². The summed E-state index contributed by atoms with van der Waals surface area (Å²) < 4.78 is 0. The number of hydrogen-bond acceptors (Lipinski definition) is 3. The molecule has 0 aromatic heterocycles. The van der Waals surface area contributed by atoms with Crippen molar-refractivity contribution in [2.24, 2.45) is 22.8 Å². The molecule has 1 saturated heterocycles. The van der Waals surface area contributed by atoms with Crippen molar-refractivity contribution >= 4 is 29.0 Å². The van der Waals surface area contributed by atoms with Crippen LogP contribution in [0.15, 0.2) is 0 Å². The van der Waals surface area contributed by atoms with Crippen LogP contribution in [0.25, 0.3) is 0 Å². The van der Waals surface area contributed by atoms with E-state index < -0.39 is 5.41 Å². The summed E-state index contributed by atoms with van der Waals surface area (Å²) in [5, 5.41) is 0. The van der Waals surface area contributed by atoms with E-state index in [1.54, 1.807) is 4.90 Å². The van der Waals surface area contributed by atoms with Crippen LogP contribution in [0, 0.1) is 11.3 Å². The molecule has 0 radical (unpaired) electrons. The second kappa shape index (κ2) is 4.25. The Labute approximate surface area is 105 Å². The molecule has 2 fully saturated rings. The van der Waals surface area contributed by atoms with Crippen LogP contribution in [-0.2, 0) is 9.59 Å². The zero-order chi connectivity index (χ0) is 12.6. The minimum atomic E-state index is -0.575. The summed E-state index contributed by atoms with van der Waals surface area (Å²) in [5.41, 5.74) is 10.3. The number of nitrogens with zero attached hydrogens (tertiary/aromatic N) is 1. The van der Waals surface area contributed by atoms with E-state index in [0.717, 1.165) is 12.8 Å². The number of amides is 2. The van der Waals surface area contributed by atoms with E-state index in [-0.39, 0.29) is 17.7 Å². The normalized spacial score (nSPS) is 23.2. The number of carbonyl (C=O) groups is 2. The Bertz CT molecular complexity index is 371. The van der Waals surface area contributed by atoms with Crippen LogP contribution in [0.2, 0.25) is 0 Å². The number of carbonyl (C=O) groups excluding carboxylic acids is 2. The lowest BCUT2D eigenvalue weighted by Crippen LogP contribution is -2.47. The van der Waals surface area contributed by atoms with Crippen LogP contribution in [0.4, 0.5) is 0 Å². The van der Waals surface area contributed by atoms with E-state index in [9.17, 15) is 9.59 Å². The molecule has 1 aliphatic carbocycles.